The monoisotopic (exact) mass is 497 g/mol. The van der Waals surface area contributed by atoms with Crippen LogP contribution in [0.4, 0.5) is 0 Å². The molecule has 0 aliphatic rings. The molecule has 0 aliphatic heterocycles. The Morgan fingerprint density at radius 3 is 0.771 bits per heavy atom. The van der Waals surface area contributed by atoms with Gasteiger partial charge in [0.15, 0.2) is 0 Å². The number of aliphatic carboxylic acids is 1. The Morgan fingerprint density at radius 2 is 0.571 bits per heavy atom. The van der Waals surface area contributed by atoms with Crippen LogP contribution in [0.5, 0.6) is 0 Å². The predicted octanol–water partition coefficient (Wildman–Crippen LogP) is 9.50. The van der Waals surface area contributed by atoms with Crippen LogP contribution in [0.2, 0.25) is 0 Å². The Morgan fingerprint density at radius 1 is 0.371 bits per heavy atom. The van der Waals surface area contributed by atoms with Crippen LogP contribution in [0.15, 0.2) is 0 Å². The molecule has 0 fully saturated rings. The van der Waals surface area contributed by atoms with E-state index in [9.17, 15) is 9.59 Å². The molecule has 1 amide bonds. The molecule has 0 bridgehead atoms. The molecule has 0 unspecified atom stereocenters. The predicted molar refractivity (Wildman–Crippen MR) is 147 cm³/mol. The van der Waals surface area contributed by atoms with E-state index < -0.39 is 5.97 Å². The van der Waals surface area contributed by atoms with E-state index >= 15 is 0 Å². The summed E-state index contributed by atoms with van der Waals surface area (Å²) in [6, 6.07) is 0. The van der Waals surface area contributed by atoms with Crippen molar-refractivity contribution >= 4 is 11.9 Å². The first-order chi connectivity index (χ1) is 17.2. The Bertz CT molecular complexity index is 456. The minimum atomic E-state index is -0.659. The number of amides is 1. The van der Waals surface area contributed by atoms with Crippen LogP contribution in [0.1, 0.15) is 180 Å². The Hall–Kier alpha value is -1.10. The van der Waals surface area contributed by atoms with Gasteiger partial charge >= 0.3 is 5.97 Å². The zero-order valence-electron chi connectivity index (χ0n) is 23.0. The molecule has 35 heavy (non-hydrogen) atoms. The van der Waals surface area contributed by atoms with Gasteiger partial charge in [0.1, 0.15) is 0 Å². The number of rotatable bonds is 29. The molecule has 0 heterocycles. The average molecular weight is 498 g/mol. The molecule has 0 aromatic rings. The maximum atomic E-state index is 10.9. The summed E-state index contributed by atoms with van der Waals surface area (Å²) in [7, 11) is 0. The van der Waals surface area contributed by atoms with E-state index in [4.69, 9.17) is 10.3 Å². The van der Waals surface area contributed by atoms with Crippen molar-refractivity contribution in [3.63, 3.8) is 0 Å². The summed E-state index contributed by atoms with van der Waals surface area (Å²) in [6.45, 7) is 0. The van der Waals surface area contributed by atoms with E-state index in [1.807, 2.05) is 0 Å². The lowest BCUT2D eigenvalue weighted by Crippen LogP contribution is -2.17. The number of hydrogen-bond acceptors (Lipinski definition) is 3. The molecule has 0 rings (SSSR count). The van der Waals surface area contributed by atoms with Crippen molar-refractivity contribution in [3.05, 3.63) is 0 Å². The molecular formula is C30H59NO4. The van der Waals surface area contributed by atoms with Crippen molar-refractivity contribution < 1.29 is 19.9 Å². The standard InChI is InChI=1S/C30H59NO4/c32-29(31-35)27-25-23-21-19-17-15-13-11-9-7-5-3-1-2-4-6-8-10-12-14-16-18-20-22-24-26-28-30(33)34/h35H,1-28H2,(H,31,32)(H,33,34). The quantitative estimate of drug-likeness (QED) is 0.0545. The largest absolute Gasteiger partial charge is 0.481 e. The lowest BCUT2D eigenvalue weighted by atomic mass is 10.0. The highest BCUT2D eigenvalue weighted by atomic mass is 16.5. The fraction of sp³-hybridized carbons (Fsp3) is 0.933. The van der Waals surface area contributed by atoms with Crippen LogP contribution in [0.25, 0.3) is 0 Å². The van der Waals surface area contributed by atoms with E-state index in [-0.39, 0.29) is 5.91 Å². The molecule has 5 nitrogen and oxygen atoms in total. The number of carboxylic acids is 1. The van der Waals surface area contributed by atoms with Crippen molar-refractivity contribution in [1.82, 2.24) is 5.48 Å². The van der Waals surface area contributed by atoms with Crippen molar-refractivity contribution in [3.8, 4) is 0 Å². The van der Waals surface area contributed by atoms with E-state index in [0.717, 1.165) is 25.7 Å². The summed E-state index contributed by atoms with van der Waals surface area (Å²) >= 11 is 0. The highest BCUT2D eigenvalue weighted by molar-refractivity contribution is 5.74. The molecule has 0 aromatic carbocycles. The number of hydrogen-bond donors (Lipinski definition) is 3. The second kappa shape index (κ2) is 29.1. The first-order valence-corrected chi connectivity index (χ1v) is 15.3. The summed E-state index contributed by atoms with van der Waals surface area (Å²) in [4.78, 5) is 21.3. The number of hydroxylamine groups is 1. The third-order valence-electron chi connectivity index (χ3n) is 7.17. The van der Waals surface area contributed by atoms with Crippen LogP contribution in [-0.2, 0) is 9.59 Å². The third-order valence-corrected chi connectivity index (χ3v) is 7.17. The van der Waals surface area contributed by atoms with Gasteiger partial charge in [-0.05, 0) is 12.8 Å². The normalized spacial score (nSPS) is 11.1. The van der Waals surface area contributed by atoms with E-state index in [1.54, 1.807) is 5.48 Å². The van der Waals surface area contributed by atoms with E-state index in [2.05, 4.69) is 0 Å². The Labute approximate surface area is 217 Å². The van der Waals surface area contributed by atoms with E-state index in [1.165, 1.54) is 141 Å². The number of unbranched alkanes of at least 4 members (excludes halogenated alkanes) is 25. The van der Waals surface area contributed by atoms with Gasteiger partial charge in [0.25, 0.3) is 0 Å². The third kappa shape index (κ3) is 30.9. The average Bonchev–Trinajstić information content (AvgIpc) is 2.85. The highest BCUT2D eigenvalue weighted by Crippen LogP contribution is 2.16. The molecule has 0 saturated carbocycles. The first-order valence-electron chi connectivity index (χ1n) is 15.3. The Kier molecular flexibility index (Phi) is 28.2. The molecule has 0 radical (unpaired) electrons. The summed E-state index contributed by atoms with van der Waals surface area (Å²) in [5, 5.41) is 17.0. The van der Waals surface area contributed by atoms with Crippen molar-refractivity contribution in [1.29, 1.82) is 0 Å². The van der Waals surface area contributed by atoms with Crippen LogP contribution < -0.4 is 5.48 Å². The van der Waals surface area contributed by atoms with Gasteiger partial charge in [0.05, 0.1) is 0 Å². The topological polar surface area (TPSA) is 86.6 Å². The summed E-state index contributed by atoms with van der Waals surface area (Å²) < 4.78 is 0. The van der Waals surface area contributed by atoms with Gasteiger partial charge in [-0.2, -0.15) is 0 Å². The molecule has 0 aromatic heterocycles. The lowest BCUT2D eigenvalue weighted by molar-refractivity contribution is -0.137. The van der Waals surface area contributed by atoms with Gasteiger partial charge in [-0.25, -0.2) is 5.48 Å². The minimum absolute atomic E-state index is 0.265. The van der Waals surface area contributed by atoms with Gasteiger partial charge in [-0.15, -0.1) is 0 Å². The first kappa shape index (κ1) is 33.9. The van der Waals surface area contributed by atoms with Crippen molar-refractivity contribution in [2.75, 3.05) is 0 Å². The van der Waals surface area contributed by atoms with Gasteiger partial charge in [0.2, 0.25) is 5.91 Å². The maximum absolute atomic E-state index is 10.9. The fourth-order valence-electron chi connectivity index (χ4n) is 4.86. The molecule has 0 atom stereocenters. The van der Waals surface area contributed by atoms with Gasteiger partial charge in [0, 0.05) is 12.8 Å². The molecule has 0 aliphatic carbocycles. The molecule has 5 heteroatoms. The van der Waals surface area contributed by atoms with Crippen molar-refractivity contribution in [2.24, 2.45) is 0 Å². The molecule has 3 N–H and O–H groups in total. The second-order valence-corrected chi connectivity index (χ2v) is 10.6. The molecule has 0 saturated heterocycles. The minimum Gasteiger partial charge on any atom is -0.481 e. The zero-order chi connectivity index (χ0) is 25.7. The number of carbonyl (C=O) groups is 2. The maximum Gasteiger partial charge on any atom is 0.303 e. The van der Waals surface area contributed by atoms with Gasteiger partial charge in [-0.3, -0.25) is 14.8 Å². The number of carbonyl (C=O) groups excluding carboxylic acids is 1. The fourth-order valence-corrected chi connectivity index (χ4v) is 4.86. The van der Waals surface area contributed by atoms with Crippen LogP contribution >= 0.6 is 0 Å². The SMILES string of the molecule is O=C(O)CCCCCCCCCCCCCCCCCCCCCCCCCCCCC(=O)NO. The number of carboxylic acid groups (broad SMARTS) is 1. The van der Waals surface area contributed by atoms with Gasteiger partial charge in [-0.1, -0.05) is 154 Å². The molecular weight excluding hydrogens is 438 g/mol. The highest BCUT2D eigenvalue weighted by Gasteiger charge is 1.99. The lowest BCUT2D eigenvalue weighted by Gasteiger charge is -2.04. The molecule has 208 valence electrons. The van der Waals surface area contributed by atoms with Crippen LogP contribution in [0.3, 0.4) is 0 Å². The summed E-state index contributed by atoms with van der Waals surface area (Å²) in [5.74, 6) is -0.924. The van der Waals surface area contributed by atoms with Gasteiger partial charge < -0.3 is 5.11 Å². The van der Waals surface area contributed by atoms with Crippen LogP contribution in [-0.4, -0.2) is 22.2 Å². The van der Waals surface area contributed by atoms with Crippen LogP contribution in [0, 0.1) is 0 Å². The smallest absolute Gasteiger partial charge is 0.303 e. The zero-order valence-corrected chi connectivity index (χ0v) is 23.0. The summed E-state index contributed by atoms with van der Waals surface area (Å²) in [5.41, 5.74) is 1.69. The van der Waals surface area contributed by atoms with E-state index in [0.29, 0.717) is 12.8 Å². The molecule has 0 spiro atoms. The Balaban J connectivity index is 3.04. The second-order valence-electron chi connectivity index (χ2n) is 10.6. The number of nitrogens with one attached hydrogen (secondary N) is 1. The summed E-state index contributed by atoms with van der Waals surface area (Å²) in [6.07, 6.45) is 34.7. The van der Waals surface area contributed by atoms with Crippen molar-refractivity contribution in [2.45, 2.75) is 180 Å².